The number of sulfonamides is 1. The van der Waals surface area contributed by atoms with Crippen LogP contribution in [-0.2, 0) is 14.8 Å². The van der Waals surface area contributed by atoms with Gasteiger partial charge < -0.3 is 10.1 Å². The summed E-state index contributed by atoms with van der Waals surface area (Å²) in [6.45, 7) is 4.41. The monoisotopic (exact) mass is 529 g/mol. The Morgan fingerprint density at radius 1 is 1.25 bits per heavy atom. The molecule has 0 aliphatic carbocycles. The van der Waals surface area contributed by atoms with Gasteiger partial charge in [0.15, 0.2) is 0 Å². The molecule has 5 rings (SSSR count). The molecule has 1 amide bonds. The van der Waals surface area contributed by atoms with Gasteiger partial charge in [-0.15, -0.1) is 0 Å². The van der Waals surface area contributed by atoms with E-state index in [0.29, 0.717) is 47.4 Å². The van der Waals surface area contributed by atoms with Crippen LogP contribution in [0.5, 0.6) is 5.75 Å². The minimum atomic E-state index is -3.97. The van der Waals surface area contributed by atoms with Crippen molar-refractivity contribution in [3.63, 3.8) is 0 Å². The van der Waals surface area contributed by atoms with Gasteiger partial charge in [-0.05, 0) is 63.1 Å². The zero-order chi connectivity index (χ0) is 25.4. The fourth-order valence-corrected chi connectivity index (χ4v) is 6.86. The standard InChI is InChI=1S/C24H24FN5O4S2/c1-3-34-19-7-4-8-20-22(19)27-24(35-20)30-21(14-15(2)28-30)26-23(31)18-6-5-13-29(18)36(32,33)17-11-9-16(25)10-12-17/h4,7-12,14,18H,3,5-6,13H2,1-2H3,(H,26,31). The highest BCUT2D eigenvalue weighted by atomic mass is 32.2. The van der Waals surface area contributed by atoms with Crippen molar-refractivity contribution in [2.75, 3.05) is 18.5 Å². The first-order chi connectivity index (χ1) is 17.3. The fraction of sp³-hybridized carbons (Fsp3) is 0.292. The van der Waals surface area contributed by atoms with Gasteiger partial charge in [-0.25, -0.2) is 17.8 Å². The van der Waals surface area contributed by atoms with Gasteiger partial charge in [0.05, 0.1) is 21.9 Å². The molecule has 1 aliphatic rings. The van der Waals surface area contributed by atoms with Crippen molar-refractivity contribution in [3.8, 4) is 10.9 Å². The number of nitrogens with one attached hydrogen (secondary N) is 1. The van der Waals surface area contributed by atoms with Gasteiger partial charge in [-0.3, -0.25) is 4.79 Å². The Morgan fingerprint density at radius 2 is 2.03 bits per heavy atom. The number of ether oxygens (including phenoxy) is 1. The molecule has 1 atom stereocenters. The van der Waals surface area contributed by atoms with Crippen molar-refractivity contribution in [1.29, 1.82) is 0 Å². The highest BCUT2D eigenvalue weighted by molar-refractivity contribution is 7.89. The second kappa shape index (κ2) is 9.60. The molecule has 1 saturated heterocycles. The molecule has 12 heteroatoms. The molecule has 3 heterocycles. The van der Waals surface area contributed by atoms with Crippen molar-refractivity contribution in [2.45, 2.75) is 37.6 Å². The average Bonchev–Trinajstić information content (AvgIpc) is 3.58. The highest BCUT2D eigenvalue weighted by Gasteiger charge is 2.39. The molecule has 1 fully saturated rings. The lowest BCUT2D eigenvalue weighted by Crippen LogP contribution is -2.43. The number of thiazole rings is 1. The minimum Gasteiger partial charge on any atom is -0.492 e. The number of halogens is 1. The summed E-state index contributed by atoms with van der Waals surface area (Å²) in [5, 5.41) is 7.89. The van der Waals surface area contributed by atoms with E-state index in [0.717, 1.165) is 16.8 Å². The van der Waals surface area contributed by atoms with Crippen molar-refractivity contribution in [3.05, 3.63) is 60.0 Å². The van der Waals surface area contributed by atoms with Crippen LogP contribution in [0.2, 0.25) is 0 Å². The molecule has 9 nitrogen and oxygen atoms in total. The largest absolute Gasteiger partial charge is 0.492 e. The number of hydrogen-bond acceptors (Lipinski definition) is 7. The number of carbonyl (C=O) groups is 1. The van der Waals surface area contributed by atoms with Crippen LogP contribution >= 0.6 is 11.3 Å². The van der Waals surface area contributed by atoms with E-state index in [-0.39, 0.29) is 11.4 Å². The van der Waals surface area contributed by atoms with Crippen LogP contribution in [0.25, 0.3) is 15.3 Å². The van der Waals surface area contributed by atoms with E-state index in [1.165, 1.54) is 27.8 Å². The maximum absolute atomic E-state index is 13.3. The number of carbonyl (C=O) groups excluding carboxylic acids is 1. The Hall–Kier alpha value is -3.35. The number of fused-ring (bicyclic) bond motifs is 1. The number of hydrogen-bond donors (Lipinski definition) is 1. The van der Waals surface area contributed by atoms with Gasteiger partial charge in [0.2, 0.25) is 21.1 Å². The first kappa shape index (κ1) is 24.3. The third-order valence-corrected chi connectivity index (χ3v) is 8.78. The maximum Gasteiger partial charge on any atom is 0.243 e. The Kier molecular flexibility index (Phi) is 6.49. The lowest BCUT2D eigenvalue weighted by molar-refractivity contribution is -0.119. The maximum atomic E-state index is 13.3. The van der Waals surface area contributed by atoms with Crippen LogP contribution in [0.1, 0.15) is 25.5 Å². The lowest BCUT2D eigenvalue weighted by atomic mass is 10.2. The zero-order valence-corrected chi connectivity index (χ0v) is 21.3. The number of anilines is 1. The molecule has 2 aromatic heterocycles. The van der Waals surface area contributed by atoms with E-state index in [9.17, 15) is 17.6 Å². The van der Waals surface area contributed by atoms with Crippen LogP contribution in [0.3, 0.4) is 0 Å². The van der Waals surface area contributed by atoms with Gasteiger partial charge in [0.25, 0.3) is 0 Å². The minimum absolute atomic E-state index is 0.0518. The molecule has 2 aromatic carbocycles. The van der Waals surface area contributed by atoms with Crippen molar-refractivity contribution in [1.82, 2.24) is 19.1 Å². The molecular formula is C24H24FN5O4S2. The summed E-state index contributed by atoms with van der Waals surface area (Å²) in [4.78, 5) is 17.9. The van der Waals surface area contributed by atoms with Gasteiger partial charge in [-0.2, -0.15) is 14.1 Å². The van der Waals surface area contributed by atoms with Gasteiger partial charge in [0, 0.05) is 12.6 Å². The summed E-state index contributed by atoms with van der Waals surface area (Å²) in [6.07, 6.45) is 0.910. The second-order valence-corrected chi connectivity index (χ2v) is 11.2. The fourth-order valence-electron chi connectivity index (χ4n) is 4.25. The molecular weight excluding hydrogens is 505 g/mol. The molecule has 0 bridgehead atoms. The third kappa shape index (κ3) is 4.47. The number of rotatable bonds is 7. The van der Waals surface area contributed by atoms with Crippen LogP contribution in [0.15, 0.2) is 53.4 Å². The number of aryl methyl sites for hydroxylation is 1. The molecule has 4 aromatic rings. The Balaban J connectivity index is 1.43. The van der Waals surface area contributed by atoms with Gasteiger partial charge in [0.1, 0.15) is 28.9 Å². The summed E-state index contributed by atoms with van der Waals surface area (Å²) < 4.78 is 49.0. The summed E-state index contributed by atoms with van der Waals surface area (Å²) in [6, 6.07) is 11.1. The van der Waals surface area contributed by atoms with E-state index >= 15 is 0 Å². The molecule has 1 aliphatic heterocycles. The Morgan fingerprint density at radius 3 is 2.78 bits per heavy atom. The lowest BCUT2D eigenvalue weighted by Gasteiger charge is -2.23. The molecule has 1 unspecified atom stereocenters. The van der Waals surface area contributed by atoms with Crippen molar-refractivity contribution < 1.29 is 22.3 Å². The smallest absolute Gasteiger partial charge is 0.243 e. The molecule has 36 heavy (non-hydrogen) atoms. The predicted molar refractivity (Wildman–Crippen MR) is 135 cm³/mol. The SMILES string of the molecule is CCOc1cccc2sc(-n3nc(C)cc3NC(=O)C3CCCN3S(=O)(=O)c3ccc(F)cc3)nc12. The highest BCUT2D eigenvalue weighted by Crippen LogP contribution is 2.33. The number of nitrogens with zero attached hydrogens (tertiary/aromatic N) is 4. The number of para-hydroxylation sites is 1. The summed E-state index contributed by atoms with van der Waals surface area (Å²) in [5.41, 5.74) is 1.37. The molecule has 0 saturated carbocycles. The topological polar surface area (TPSA) is 106 Å². The summed E-state index contributed by atoms with van der Waals surface area (Å²) in [5.74, 6) is 0.0621. The molecule has 0 spiro atoms. The third-order valence-electron chi connectivity index (χ3n) is 5.86. The van der Waals surface area contributed by atoms with Crippen molar-refractivity contribution >= 4 is 43.3 Å². The molecule has 0 radical (unpaired) electrons. The van der Waals surface area contributed by atoms with Gasteiger partial charge >= 0.3 is 0 Å². The Bertz CT molecular complexity index is 1530. The van der Waals surface area contributed by atoms with E-state index in [2.05, 4.69) is 15.4 Å². The van der Waals surface area contributed by atoms with Crippen LogP contribution in [0.4, 0.5) is 10.2 Å². The number of amides is 1. The first-order valence-electron chi connectivity index (χ1n) is 11.5. The van der Waals surface area contributed by atoms with E-state index in [1.807, 2.05) is 25.1 Å². The van der Waals surface area contributed by atoms with E-state index in [4.69, 9.17) is 4.74 Å². The number of benzene rings is 2. The first-order valence-corrected chi connectivity index (χ1v) is 13.7. The normalized spacial score (nSPS) is 16.5. The second-order valence-electron chi connectivity index (χ2n) is 8.33. The average molecular weight is 530 g/mol. The van der Waals surface area contributed by atoms with Crippen LogP contribution < -0.4 is 10.1 Å². The number of aromatic nitrogens is 3. The van der Waals surface area contributed by atoms with Crippen molar-refractivity contribution in [2.24, 2.45) is 0 Å². The quantitative estimate of drug-likeness (QED) is 0.386. The van der Waals surface area contributed by atoms with Gasteiger partial charge in [-0.1, -0.05) is 17.4 Å². The Labute approximate surface area is 211 Å². The zero-order valence-electron chi connectivity index (χ0n) is 19.6. The summed E-state index contributed by atoms with van der Waals surface area (Å²) in [7, 11) is -3.97. The predicted octanol–water partition coefficient (Wildman–Crippen LogP) is 4.12. The van der Waals surface area contributed by atoms with Crippen LogP contribution in [-0.4, -0.2) is 52.6 Å². The van der Waals surface area contributed by atoms with E-state index < -0.39 is 27.8 Å². The van der Waals surface area contributed by atoms with E-state index in [1.54, 1.807) is 17.7 Å². The molecule has 188 valence electrons. The summed E-state index contributed by atoms with van der Waals surface area (Å²) >= 11 is 1.40. The van der Waals surface area contributed by atoms with Crippen LogP contribution in [0, 0.1) is 12.7 Å². The molecule has 1 N–H and O–H groups in total.